The second-order valence-electron chi connectivity index (χ2n) is 5.77. The number of primary amides is 1. The zero-order valence-corrected chi connectivity index (χ0v) is 15.4. The van der Waals surface area contributed by atoms with E-state index in [1.54, 1.807) is 17.0 Å². The number of nitrogens with zero attached hydrogens (tertiary/aromatic N) is 1. The summed E-state index contributed by atoms with van der Waals surface area (Å²) in [7, 11) is 0. The average molecular weight is 413 g/mol. The zero-order valence-electron chi connectivity index (χ0n) is 13.8. The molecule has 25 heavy (non-hydrogen) atoms. The topological polar surface area (TPSA) is 98.9 Å². The standard InChI is InChI=1S/C17H21BrN2O5/c18-13-2-1-3-14(10-13)24-9-6-16(22)25-11-15(21)20-7-4-12(5-8-20)17(19)23/h1-3,10,12H,4-9,11H2,(H2,19,23). The van der Waals surface area contributed by atoms with Gasteiger partial charge in [-0.25, -0.2) is 0 Å². The Labute approximate surface area is 154 Å². The number of likely N-dealkylation sites (tertiary alicyclic amines) is 1. The molecule has 8 heteroatoms. The Morgan fingerprint density at radius 1 is 1.24 bits per heavy atom. The van der Waals surface area contributed by atoms with E-state index in [1.165, 1.54) is 0 Å². The molecule has 1 aromatic rings. The number of carbonyl (C=O) groups excluding carboxylic acids is 3. The van der Waals surface area contributed by atoms with Crippen molar-refractivity contribution in [1.82, 2.24) is 4.90 Å². The van der Waals surface area contributed by atoms with Crippen LogP contribution in [0.2, 0.25) is 0 Å². The van der Waals surface area contributed by atoms with E-state index in [9.17, 15) is 14.4 Å². The van der Waals surface area contributed by atoms with Gasteiger partial charge in [0.2, 0.25) is 5.91 Å². The number of nitrogens with two attached hydrogens (primary N) is 1. The molecule has 2 N–H and O–H groups in total. The molecule has 0 aliphatic carbocycles. The summed E-state index contributed by atoms with van der Waals surface area (Å²) in [6.07, 6.45) is 1.16. The van der Waals surface area contributed by atoms with Gasteiger partial charge in [-0.05, 0) is 31.0 Å². The minimum absolute atomic E-state index is 0.0591. The van der Waals surface area contributed by atoms with Crippen molar-refractivity contribution in [2.24, 2.45) is 11.7 Å². The van der Waals surface area contributed by atoms with E-state index in [2.05, 4.69) is 15.9 Å². The van der Waals surface area contributed by atoms with E-state index >= 15 is 0 Å². The lowest BCUT2D eigenvalue weighted by atomic mass is 9.96. The molecule has 0 unspecified atom stereocenters. The van der Waals surface area contributed by atoms with Crippen LogP contribution >= 0.6 is 15.9 Å². The smallest absolute Gasteiger partial charge is 0.309 e. The van der Waals surface area contributed by atoms with E-state index < -0.39 is 5.97 Å². The molecule has 0 saturated carbocycles. The van der Waals surface area contributed by atoms with Gasteiger partial charge in [-0.15, -0.1) is 0 Å². The summed E-state index contributed by atoms with van der Waals surface area (Å²) >= 11 is 3.33. The maximum atomic E-state index is 12.0. The summed E-state index contributed by atoms with van der Waals surface area (Å²) in [6, 6.07) is 7.29. The molecule has 2 amide bonds. The highest BCUT2D eigenvalue weighted by Gasteiger charge is 2.26. The number of esters is 1. The van der Waals surface area contributed by atoms with E-state index in [0.717, 1.165) is 4.47 Å². The third-order valence-electron chi connectivity index (χ3n) is 3.98. The van der Waals surface area contributed by atoms with Gasteiger partial charge in [0.25, 0.3) is 5.91 Å². The van der Waals surface area contributed by atoms with Gasteiger partial charge >= 0.3 is 5.97 Å². The van der Waals surface area contributed by atoms with Gasteiger partial charge in [0.1, 0.15) is 5.75 Å². The van der Waals surface area contributed by atoms with Crippen molar-refractivity contribution in [2.45, 2.75) is 19.3 Å². The monoisotopic (exact) mass is 412 g/mol. The number of ether oxygens (including phenoxy) is 2. The second kappa shape index (κ2) is 9.41. The Morgan fingerprint density at radius 3 is 2.60 bits per heavy atom. The van der Waals surface area contributed by atoms with Crippen LogP contribution in [0.3, 0.4) is 0 Å². The van der Waals surface area contributed by atoms with Gasteiger partial charge in [0, 0.05) is 23.5 Å². The number of piperidine rings is 1. The Morgan fingerprint density at radius 2 is 1.96 bits per heavy atom. The van der Waals surface area contributed by atoms with Crippen molar-refractivity contribution in [3.05, 3.63) is 28.7 Å². The first-order valence-corrected chi connectivity index (χ1v) is 8.86. The fourth-order valence-electron chi connectivity index (χ4n) is 2.53. The van der Waals surface area contributed by atoms with Gasteiger partial charge in [-0.2, -0.15) is 0 Å². The molecule has 1 fully saturated rings. The third-order valence-corrected chi connectivity index (χ3v) is 4.47. The van der Waals surface area contributed by atoms with Gasteiger partial charge in [-0.3, -0.25) is 14.4 Å². The molecule has 1 aromatic carbocycles. The Balaban J connectivity index is 1.63. The van der Waals surface area contributed by atoms with Gasteiger partial charge in [-0.1, -0.05) is 22.0 Å². The second-order valence-corrected chi connectivity index (χ2v) is 6.69. The van der Waals surface area contributed by atoms with Crippen molar-refractivity contribution < 1.29 is 23.9 Å². The van der Waals surface area contributed by atoms with Crippen LogP contribution < -0.4 is 10.5 Å². The highest BCUT2D eigenvalue weighted by molar-refractivity contribution is 9.10. The molecule has 7 nitrogen and oxygen atoms in total. The first-order chi connectivity index (χ1) is 12.0. The Hall–Kier alpha value is -2.09. The molecule has 0 spiro atoms. The lowest BCUT2D eigenvalue weighted by molar-refractivity contribution is -0.153. The number of benzene rings is 1. The summed E-state index contributed by atoms with van der Waals surface area (Å²) in [5.74, 6) is -0.610. The third kappa shape index (κ3) is 6.38. The van der Waals surface area contributed by atoms with Crippen LogP contribution in [0.25, 0.3) is 0 Å². The van der Waals surface area contributed by atoms with Crippen molar-refractivity contribution in [3.8, 4) is 5.75 Å². The molecule has 1 aliphatic rings. The molecular weight excluding hydrogens is 392 g/mol. The van der Waals surface area contributed by atoms with E-state index in [0.29, 0.717) is 31.7 Å². The number of halogens is 1. The predicted octanol–water partition coefficient (Wildman–Crippen LogP) is 1.49. The van der Waals surface area contributed by atoms with Crippen LogP contribution in [0.5, 0.6) is 5.75 Å². The Bertz CT molecular complexity index is 629. The highest BCUT2D eigenvalue weighted by Crippen LogP contribution is 2.18. The first-order valence-electron chi connectivity index (χ1n) is 8.07. The van der Waals surface area contributed by atoms with Crippen molar-refractivity contribution in [1.29, 1.82) is 0 Å². The largest absolute Gasteiger partial charge is 0.493 e. The van der Waals surface area contributed by atoms with Crippen molar-refractivity contribution in [3.63, 3.8) is 0 Å². The van der Waals surface area contributed by atoms with Crippen LogP contribution in [-0.2, 0) is 19.1 Å². The number of hydrogen-bond acceptors (Lipinski definition) is 5. The number of hydrogen-bond donors (Lipinski definition) is 1. The minimum atomic E-state index is -0.490. The first kappa shape index (κ1) is 19.2. The Kier molecular flexibility index (Phi) is 7.24. The highest BCUT2D eigenvalue weighted by atomic mass is 79.9. The fraction of sp³-hybridized carbons (Fsp3) is 0.471. The predicted molar refractivity (Wildman–Crippen MR) is 93.7 cm³/mol. The lowest BCUT2D eigenvalue weighted by Gasteiger charge is -2.30. The van der Waals surface area contributed by atoms with Crippen LogP contribution in [0.1, 0.15) is 19.3 Å². The molecular formula is C17H21BrN2O5. The normalized spacial score (nSPS) is 14.8. The summed E-state index contributed by atoms with van der Waals surface area (Å²) in [6.45, 7) is 0.788. The maximum Gasteiger partial charge on any atom is 0.309 e. The van der Waals surface area contributed by atoms with Gasteiger partial charge < -0.3 is 20.1 Å². The van der Waals surface area contributed by atoms with Crippen molar-refractivity contribution >= 4 is 33.7 Å². The fourth-order valence-corrected chi connectivity index (χ4v) is 2.91. The lowest BCUT2D eigenvalue weighted by Crippen LogP contribution is -2.43. The molecule has 0 radical (unpaired) electrons. The summed E-state index contributed by atoms with van der Waals surface area (Å²) in [5, 5.41) is 0. The zero-order chi connectivity index (χ0) is 18.2. The maximum absolute atomic E-state index is 12.0. The average Bonchev–Trinajstić information content (AvgIpc) is 2.60. The molecule has 0 atom stereocenters. The van der Waals surface area contributed by atoms with Crippen LogP contribution in [0.4, 0.5) is 0 Å². The van der Waals surface area contributed by atoms with E-state index in [4.69, 9.17) is 15.2 Å². The summed E-state index contributed by atoms with van der Waals surface area (Å²) in [4.78, 5) is 36.4. The van der Waals surface area contributed by atoms with Crippen LogP contribution in [0, 0.1) is 5.92 Å². The summed E-state index contributed by atoms with van der Waals surface area (Å²) in [5.41, 5.74) is 5.26. The van der Waals surface area contributed by atoms with Crippen LogP contribution in [0.15, 0.2) is 28.7 Å². The SMILES string of the molecule is NC(=O)C1CCN(C(=O)COC(=O)CCOc2cccc(Br)c2)CC1. The molecule has 1 aliphatic heterocycles. The number of amides is 2. The minimum Gasteiger partial charge on any atom is -0.493 e. The van der Waals surface area contributed by atoms with Crippen molar-refractivity contribution in [2.75, 3.05) is 26.3 Å². The number of rotatable bonds is 7. The molecule has 2 rings (SSSR count). The quantitative estimate of drug-likeness (QED) is 0.683. The summed E-state index contributed by atoms with van der Waals surface area (Å²) < 4.78 is 11.3. The van der Waals surface area contributed by atoms with Gasteiger partial charge in [0.15, 0.2) is 6.61 Å². The molecule has 0 bridgehead atoms. The molecule has 0 aromatic heterocycles. The van der Waals surface area contributed by atoms with Crippen LogP contribution in [-0.4, -0.2) is 49.0 Å². The van der Waals surface area contributed by atoms with E-state index in [1.807, 2.05) is 12.1 Å². The molecule has 136 valence electrons. The molecule has 1 saturated heterocycles. The number of carbonyl (C=O) groups is 3. The van der Waals surface area contributed by atoms with Gasteiger partial charge in [0.05, 0.1) is 13.0 Å². The van der Waals surface area contributed by atoms with E-state index in [-0.39, 0.29) is 37.4 Å². The molecule has 1 heterocycles.